The lowest BCUT2D eigenvalue weighted by atomic mass is 10.3. The summed E-state index contributed by atoms with van der Waals surface area (Å²) in [5, 5.41) is 4.86. The first-order valence-electron chi connectivity index (χ1n) is 5.31. The van der Waals surface area contributed by atoms with Gasteiger partial charge in [0.25, 0.3) is 0 Å². The monoisotopic (exact) mass is 245 g/mol. The van der Waals surface area contributed by atoms with Crippen LogP contribution < -0.4 is 0 Å². The highest BCUT2D eigenvalue weighted by Gasteiger charge is 2.05. The molecule has 0 saturated carbocycles. The molecular weight excluding hydrogens is 234 g/mol. The Kier molecular flexibility index (Phi) is 2.60. The molecule has 0 saturated heterocycles. The highest BCUT2D eigenvalue weighted by Crippen LogP contribution is 2.22. The van der Waals surface area contributed by atoms with Crippen LogP contribution in [0.25, 0.3) is 11.0 Å². The van der Waals surface area contributed by atoms with E-state index >= 15 is 0 Å². The molecule has 5 heteroatoms. The van der Waals surface area contributed by atoms with Gasteiger partial charge in [0.05, 0.1) is 16.7 Å². The number of benzene rings is 1. The van der Waals surface area contributed by atoms with Gasteiger partial charge < -0.3 is 9.51 Å². The van der Waals surface area contributed by atoms with E-state index in [2.05, 4.69) is 15.1 Å². The van der Waals surface area contributed by atoms with Gasteiger partial charge in [-0.1, -0.05) is 29.1 Å². The molecule has 0 amide bonds. The second kappa shape index (κ2) is 4.25. The molecule has 86 valence electrons. The number of aromatic nitrogens is 3. The predicted octanol–water partition coefficient (Wildman–Crippen LogP) is 3.15. The third kappa shape index (κ3) is 2.19. The summed E-state index contributed by atoms with van der Waals surface area (Å²) >= 11 is 1.62. The molecule has 0 radical (unpaired) electrons. The lowest BCUT2D eigenvalue weighted by molar-refractivity contribution is 0.393. The Labute approximate surface area is 102 Å². The van der Waals surface area contributed by atoms with Crippen molar-refractivity contribution < 1.29 is 4.52 Å². The number of hydrogen-bond donors (Lipinski definition) is 1. The Hall–Kier alpha value is -1.75. The van der Waals surface area contributed by atoms with E-state index in [9.17, 15) is 0 Å². The van der Waals surface area contributed by atoms with E-state index in [1.807, 2.05) is 37.3 Å². The normalized spacial score (nSPS) is 11.1. The van der Waals surface area contributed by atoms with Crippen molar-refractivity contribution in [2.24, 2.45) is 0 Å². The topological polar surface area (TPSA) is 54.7 Å². The molecule has 2 heterocycles. The van der Waals surface area contributed by atoms with E-state index < -0.39 is 0 Å². The Morgan fingerprint density at radius 3 is 3.00 bits per heavy atom. The number of thioether (sulfide) groups is 1. The molecule has 0 unspecified atom stereocenters. The van der Waals surface area contributed by atoms with Crippen molar-refractivity contribution in [3.63, 3.8) is 0 Å². The van der Waals surface area contributed by atoms with Crippen LogP contribution in [0.3, 0.4) is 0 Å². The van der Waals surface area contributed by atoms with Crippen LogP contribution >= 0.6 is 11.8 Å². The zero-order valence-corrected chi connectivity index (χ0v) is 10.1. The first-order chi connectivity index (χ1) is 8.31. The number of nitrogens with one attached hydrogen (secondary N) is 1. The second-order valence-corrected chi connectivity index (χ2v) is 4.74. The van der Waals surface area contributed by atoms with Gasteiger partial charge in [-0.15, -0.1) is 0 Å². The summed E-state index contributed by atoms with van der Waals surface area (Å²) < 4.78 is 5.02. The molecule has 0 aliphatic rings. The zero-order chi connectivity index (χ0) is 11.7. The van der Waals surface area contributed by atoms with Crippen LogP contribution in [0.5, 0.6) is 0 Å². The summed E-state index contributed by atoms with van der Waals surface area (Å²) in [6.45, 7) is 1.89. The Morgan fingerprint density at radius 2 is 2.24 bits per heavy atom. The van der Waals surface area contributed by atoms with Crippen molar-refractivity contribution in [3.05, 3.63) is 41.8 Å². The number of imidazole rings is 1. The van der Waals surface area contributed by atoms with E-state index in [0.717, 1.165) is 33.4 Å². The average molecular weight is 245 g/mol. The first kappa shape index (κ1) is 10.4. The summed E-state index contributed by atoms with van der Waals surface area (Å²) in [7, 11) is 0. The standard InChI is InChI=1S/C12H11N3OS/c1-8-6-9(15-16-8)7-17-12-13-10-4-2-3-5-11(10)14-12/h2-6H,7H2,1H3,(H,13,14). The average Bonchev–Trinajstić information content (AvgIpc) is 2.91. The highest BCUT2D eigenvalue weighted by molar-refractivity contribution is 7.98. The molecule has 1 N–H and O–H groups in total. The summed E-state index contributed by atoms with van der Waals surface area (Å²) in [6, 6.07) is 9.94. The molecule has 17 heavy (non-hydrogen) atoms. The minimum atomic E-state index is 0.761. The molecule has 2 aromatic heterocycles. The summed E-state index contributed by atoms with van der Waals surface area (Å²) in [6.07, 6.45) is 0. The molecule has 1 aromatic carbocycles. The fourth-order valence-corrected chi connectivity index (χ4v) is 2.39. The third-order valence-electron chi connectivity index (χ3n) is 2.40. The number of para-hydroxylation sites is 2. The highest BCUT2D eigenvalue weighted by atomic mass is 32.2. The lowest BCUT2D eigenvalue weighted by Gasteiger charge is -1.91. The van der Waals surface area contributed by atoms with Gasteiger partial charge in [-0.2, -0.15) is 0 Å². The summed E-state index contributed by atoms with van der Waals surface area (Å²) in [4.78, 5) is 7.75. The first-order valence-corrected chi connectivity index (χ1v) is 6.29. The van der Waals surface area contributed by atoms with Gasteiger partial charge in [0, 0.05) is 11.8 Å². The number of hydrogen-bond acceptors (Lipinski definition) is 4. The van der Waals surface area contributed by atoms with Crippen LogP contribution in [0.2, 0.25) is 0 Å². The fraction of sp³-hybridized carbons (Fsp3) is 0.167. The lowest BCUT2D eigenvalue weighted by Crippen LogP contribution is -1.80. The number of H-pyrrole nitrogens is 1. The maximum absolute atomic E-state index is 5.02. The third-order valence-corrected chi connectivity index (χ3v) is 3.31. The van der Waals surface area contributed by atoms with E-state index in [-0.39, 0.29) is 0 Å². The largest absolute Gasteiger partial charge is 0.361 e. The smallest absolute Gasteiger partial charge is 0.166 e. The number of aromatic amines is 1. The van der Waals surface area contributed by atoms with Gasteiger partial charge in [-0.05, 0) is 19.1 Å². The van der Waals surface area contributed by atoms with E-state index in [4.69, 9.17) is 4.52 Å². The molecule has 0 aliphatic heterocycles. The zero-order valence-electron chi connectivity index (χ0n) is 9.30. The maximum Gasteiger partial charge on any atom is 0.166 e. The SMILES string of the molecule is Cc1cc(CSc2nc3ccccc3[nH]2)no1. The summed E-state index contributed by atoms with van der Waals surface area (Å²) in [5.74, 6) is 1.60. The molecule has 4 nitrogen and oxygen atoms in total. The van der Waals surface area contributed by atoms with E-state index in [0.29, 0.717) is 0 Å². The van der Waals surface area contributed by atoms with Crippen molar-refractivity contribution in [3.8, 4) is 0 Å². The van der Waals surface area contributed by atoms with Crippen molar-refractivity contribution in [1.82, 2.24) is 15.1 Å². The minimum absolute atomic E-state index is 0.761. The maximum atomic E-state index is 5.02. The van der Waals surface area contributed by atoms with Crippen molar-refractivity contribution >= 4 is 22.8 Å². The molecule has 3 aromatic rings. The van der Waals surface area contributed by atoms with Gasteiger partial charge in [0.2, 0.25) is 0 Å². The number of nitrogens with zero attached hydrogens (tertiary/aromatic N) is 2. The Morgan fingerprint density at radius 1 is 1.35 bits per heavy atom. The van der Waals surface area contributed by atoms with Gasteiger partial charge in [0.15, 0.2) is 5.16 Å². The number of rotatable bonds is 3. The summed E-state index contributed by atoms with van der Waals surface area (Å²) in [5.41, 5.74) is 2.99. The molecule has 0 bridgehead atoms. The fourth-order valence-electron chi connectivity index (χ4n) is 1.63. The van der Waals surface area contributed by atoms with E-state index in [1.54, 1.807) is 11.8 Å². The molecule has 0 atom stereocenters. The number of aryl methyl sites for hydroxylation is 1. The van der Waals surface area contributed by atoms with Crippen LogP contribution in [-0.4, -0.2) is 15.1 Å². The Bertz CT molecular complexity index is 611. The van der Waals surface area contributed by atoms with Gasteiger partial charge in [0.1, 0.15) is 5.76 Å². The van der Waals surface area contributed by atoms with Gasteiger partial charge >= 0.3 is 0 Å². The van der Waals surface area contributed by atoms with Gasteiger partial charge in [-0.25, -0.2) is 4.98 Å². The predicted molar refractivity (Wildman–Crippen MR) is 66.9 cm³/mol. The van der Waals surface area contributed by atoms with Crippen molar-refractivity contribution in [2.75, 3.05) is 0 Å². The molecule has 0 aliphatic carbocycles. The molecule has 3 rings (SSSR count). The van der Waals surface area contributed by atoms with E-state index in [1.165, 1.54) is 0 Å². The number of fused-ring (bicyclic) bond motifs is 1. The minimum Gasteiger partial charge on any atom is -0.361 e. The van der Waals surface area contributed by atoms with Crippen LogP contribution in [0.1, 0.15) is 11.5 Å². The molecular formula is C12H11N3OS. The van der Waals surface area contributed by atoms with Crippen molar-refractivity contribution in [2.45, 2.75) is 17.8 Å². The van der Waals surface area contributed by atoms with Crippen LogP contribution in [0, 0.1) is 6.92 Å². The Balaban J connectivity index is 1.76. The quantitative estimate of drug-likeness (QED) is 0.720. The molecule has 0 spiro atoms. The van der Waals surface area contributed by atoms with Crippen LogP contribution in [0.15, 0.2) is 40.0 Å². The van der Waals surface area contributed by atoms with Crippen LogP contribution in [0.4, 0.5) is 0 Å². The molecule has 0 fully saturated rings. The second-order valence-electron chi connectivity index (χ2n) is 3.78. The van der Waals surface area contributed by atoms with Crippen LogP contribution in [-0.2, 0) is 5.75 Å². The van der Waals surface area contributed by atoms with Crippen molar-refractivity contribution in [1.29, 1.82) is 0 Å². The van der Waals surface area contributed by atoms with Gasteiger partial charge in [-0.3, -0.25) is 0 Å².